The Kier molecular flexibility index (Phi) is 6.70. The third-order valence-corrected chi connectivity index (χ3v) is 10.7. The largest absolute Gasteiger partial charge is 0.460 e. The van der Waals surface area contributed by atoms with Gasteiger partial charge in [0.05, 0.1) is 6.10 Å². The number of hydrogen-bond donors (Lipinski definition) is 0. The van der Waals surface area contributed by atoms with Gasteiger partial charge in [-0.25, -0.2) is 0 Å². The second-order valence-electron chi connectivity index (χ2n) is 8.63. The summed E-state index contributed by atoms with van der Waals surface area (Å²) in [6.45, 7) is 6.66. The van der Waals surface area contributed by atoms with Crippen LogP contribution in [0, 0.1) is 0 Å². The molecule has 0 unspecified atom stereocenters. The fourth-order valence-electron chi connectivity index (χ4n) is 4.28. The van der Waals surface area contributed by atoms with Gasteiger partial charge in [0.15, 0.2) is 0 Å². The summed E-state index contributed by atoms with van der Waals surface area (Å²) in [7, 11) is -2.76. The number of aldehydes is 1. The molecule has 154 valence electrons. The summed E-state index contributed by atoms with van der Waals surface area (Å²) >= 11 is 0. The first-order valence-electron chi connectivity index (χ1n) is 10.3. The van der Waals surface area contributed by atoms with E-state index in [0.717, 1.165) is 6.29 Å². The van der Waals surface area contributed by atoms with Crippen molar-refractivity contribution in [3.8, 4) is 0 Å². The summed E-state index contributed by atoms with van der Waals surface area (Å²) < 4.78 is 12.7. The van der Waals surface area contributed by atoms with Crippen LogP contribution in [0.1, 0.15) is 46.5 Å². The molecule has 29 heavy (non-hydrogen) atoms. The molecule has 0 radical (unpaired) electrons. The van der Waals surface area contributed by atoms with E-state index in [1.54, 1.807) is 0 Å². The van der Waals surface area contributed by atoms with Crippen molar-refractivity contribution < 1.29 is 18.8 Å². The lowest BCUT2D eigenvalue weighted by Gasteiger charge is -2.46. The second kappa shape index (κ2) is 9.05. The Hall–Kier alpha value is -2.24. The molecule has 0 spiro atoms. The van der Waals surface area contributed by atoms with Gasteiger partial charge in [-0.1, -0.05) is 81.4 Å². The molecule has 5 heteroatoms. The van der Waals surface area contributed by atoms with Gasteiger partial charge in [-0.15, -0.1) is 0 Å². The van der Waals surface area contributed by atoms with Gasteiger partial charge >= 0.3 is 5.97 Å². The Morgan fingerprint density at radius 3 is 2.03 bits per heavy atom. The Morgan fingerprint density at radius 2 is 1.62 bits per heavy atom. The molecule has 0 aromatic heterocycles. The molecule has 4 nitrogen and oxygen atoms in total. The van der Waals surface area contributed by atoms with E-state index in [1.807, 2.05) is 36.4 Å². The first-order chi connectivity index (χ1) is 13.9. The van der Waals surface area contributed by atoms with Crippen LogP contribution in [0.4, 0.5) is 0 Å². The van der Waals surface area contributed by atoms with Crippen LogP contribution in [0.2, 0.25) is 5.04 Å². The zero-order valence-electron chi connectivity index (χ0n) is 17.5. The molecule has 0 aliphatic carbocycles. The van der Waals surface area contributed by atoms with Gasteiger partial charge in [-0.05, 0) is 28.3 Å². The minimum Gasteiger partial charge on any atom is -0.460 e. The van der Waals surface area contributed by atoms with E-state index in [0.29, 0.717) is 25.7 Å². The molecular formula is C24H30O4Si. The highest BCUT2D eigenvalue weighted by atomic mass is 28.4. The normalized spacial score (nSPS) is 18.3. The van der Waals surface area contributed by atoms with E-state index in [-0.39, 0.29) is 23.2 Å². The Bertz CT molecular complexity index is 774. The van der Waals surface area contributed by atoms with Crippen LogP contribution < -0.4 is 10.4 Å². The summed E-state index contributed by atoms with van der Waals surface area (Å²) in [5.74, 6) is -0.183. The molecule has 2 atom stereocenters. The van der Waals surface area contributed by atoms with Gasteiger partial charge < -0.3 is 14.0 Å². The molecular weight excluding hydrogens is 380 g/mol. The lowest BCUT2D eigenvalue weighted by molar-refractivity contribution is -0.145. The van der Waals surface area contributed by atoms with Crippen LogP contribution >= 0.6 is 0 Å². The summed E-state index contributed by atoms with van der Waals surface area (Å²) in [6, 6.07) is 20.8. The third-order valence-electron chi connectivity index (χ3n) is 5.64. The van der Waals surface area contributed by atoms with E-state index in [1.165, 1.54) is 10.4 Å². The Morgan fingerprint density at radius 1 is 1.07 bits per heavy atom. The number of rotatable bonds is 8. The van der Waals surface area contributed by atoms with Crippen LogP contribution in [0.15, 0.2) is 60.7 Å². The van der Waals surface area contributed by atoms with Crippen LogP contribution in [-0.4, -0.2) is 32.8 Å². The molecule has 0 bridgehead atoms. The summed E-state index contributed by atoms with van der Waals surface area (Å²) in [6.07, 6.45) is 2.29. The number of ether oxygens (including phenoxy) is 1. The monoisotopic (exact) mass is 410 g/mol. The van der Waals surface area contributed by atoms with Gasteiger partial charge in [0.1, 0.15) is 12.4 Å². The van der Waals surface area contributed by atoms with E-state index < -0.39 is 8.32 Å². The van der Waals surface area contributed by atoms with Crippen molar-refractivity contribution >= 4 is 30.9 Å². The van der Waals surface area contributed by atoms with Crippen molar-refractivity contribution in [3.05, 3.63) is 60.7 Å². The number of benzene rings is 2. The number of esters is 1. The summed E-state index contributed by atoms with van der Waals surface area (Å²) in [5.41, 5.74) is 0. The fourth-order valence-corrected chi connectivity index (χ4v) is 9.02. The van der Waals surface area contributed by atoms with Crippen molar-refractivity contribution in [2.75, 3.05) is 0 Å². The number of hydrogen-bond acceptors (Lipinski definition) is 4. The summed E-state index contributed by atoms with van der Waals surface area (Å²) in [5, 5.41) is 2.19. The maximum absolute atomic E-state index is 11.8. The molecule has 1 aliphatic heterocycles. The van der Waals surface area contributed by atoms with Gasteiger partial charge in [0, 0.05) is 12.8 Å². The van der Waals surface area contributed by atoms with E-state index in [4.69, 9.17) is 9.16 Å². The van der Waals surface area contributed by atoms with Crippen LogP contribution in [0.25, 0.3) is 0 Å². The Balaban J connectivity index is 2.12. The SMILES string of the molecule is CC(C)(C)[Si](O[C@H](CCC=O)[C@H]1CCC(=O)O1)(c1ccccc1)c1ccccc1. The lowest BCUT2D eigenvalue weighted by atomic mass is 10.1. The fraction of sp³-hybridized carbons (Fsp3) is 0.417. The zero-order chi connectivity index (χ0) is 20.9. The summed E-state index contributed by atoms with van der Waals surface area (Å²) in [4.78, 5) is 22.9. The van der Waals surface area contributed by atoms with Gasteiger partial charge in [0.2, 0.25) is 0 Å². The van der Waals surface area contributed by atoms with E-state index in [2.05, 4.69) is 45.0 Å². The van der Waals surface area contributed by atoms with Crippen molar-refractivity contribution in [3.63, 3.8) is 0 Å². The standard InChI is InChI=1S/C24H30O4Si/c1-24(2,3)29(19-11-6-4-7-12-19,20-13-8-5-9-14-20)28-22(15-10-18-25)21-16-17-23(26)27-21/h4-9,11-14,18,21-22H,10,15-17H2,1-3H3/t21-,22-/m1/s1. The van der Waals surface area contributed by atoms with Crippen LogP contribution in [0.3, 0.4) is 0 Å². The average molecular weight is 411 g/mol. The first kappa shape index (κ1) is 21.5. The molecule has 0 saturated carbocycles. The minimum absolute atomic E-state index is 0.169. The highest BCUT2D eigenvalue weighted by Gasteiger charge is 2.52. The lowest BCUT2D eigenvalue weighted by Crippen LogP contribution is -2.68. The number of carbonyl (C=O) groups is 2. The number of carbonyl (C=O) groups excluding carboxylic acids is 2. The molecule has 1 fully saturated rings. The minimum atomic E-state index is -2.76. The maximum Gasteiger partial charge on any atom is 0.306 e. The molecule has 1 heterocycles. The zero-order valence-corrected chi connectivity index (χ0v) is 18.5. The average Bonchev–Trinajstić information content (AvgIpc) is 3.15. The smallest absolute Gasteiger partial charge is 0.306 e. The molecule has 0 amide bonds. The quantitative estimate of drug-likeness (QED) is 0.379. The molecule has 2 aromatic carbocycles. The highest BCUT2D eigenvalue weighted by molar-refractivity contribution is 6.99. The topological polar surface area (TPSA) is 52.6 Å². The molecule has 3 rings (SSSR count). The van der Waals surface area contributed by atoms with Gasteiger partial charge in [-0.3, -0.25) is 4.79 Å². The molecule has 0 N–H and O–H groups in total. The van der Waals surface area contributed by atoms with E-state index in [9.17, 15) is 9.59 Å². The predicted molar refractivity (Wildman–Crippen MR) is 117 cm³/mol. The van der Waals surface area contributed by atoms with Crippen molar-refractivity contribution in [1.82, 2.24) is 0 Å². The third kappa shape index (κ3) is 4.51. The molecule has 1 aliphatic rings. The number of cyclic esters (lactones) is 1. The van der Waals surface area contributed by atoms with Gasteiger partial charge in [-0.2, -0.15) is 0 Å². The van der Waals surface area contributed by atoms with Crippen molar-refractivity contribution in [2.24, 2.45) is 0 Å². The molecule has 1 saturated heterocycles. The van der Waals surface area contributed by atoms with Crippen LogP contribution in [-0.2, 0) is 18.8 Å². The van der Waals surface area contributed by atoms with Crippen molar-refractivity contribution in [1.29, 1.82) is 0 Å². The predicted octanol–water partition coefficient (Wildman–Crippen LogP) is 3.62. The van der Waals surface area contributed by atoms with Crippen LogP contribution in [0.5, 0.6) is 0 Å². The second-order valence-corrected chi connectivity index (χ2v) is 12.9. The Labute approximate surface area is 174 Å². The first-order valence-corrected chi connectivity index (χ1v) is 12.2. The maximum atomic E-state index is 11.8. The molecule has 2 aromatic rings. The highest BCUT2D eigenvalue weighted by Crippen LogP contribution is 2.39. The van der Waals surface area contributed by atoms with Crippen molar-refractivity contribution in [2.45, 2.75) is 63.7 Å². The van der Waals surface area contributed by atoms with E-state index >= 15 is 0 Å². The van der Waals surface area contributed by atoms with Gasteiger partial charge in [0.25, 0.3) is 8.32 Å².